The van der Waals surface area contributed by atoms with Crippen LogP contribution in [-0.2, 0) is 38.4 Å². The normalized spacial score (nSPS) is 5.00. The van der Waals surface area contributed by atoms with Crippen LogP contribution in [0.4, 0.5) is 0 Å². The maximum absolute atomic E-state index is 10.7. The predicted molar refractivity (Wildman–Crippen MR) is 193 cm³/mol. The smallest absolute Gasteiger partial charge is 0.300 e. The number of hydrogen-bond donors (Lipinski definition) is 10. The van der Waals surface area contributed by atoms with Gasteiger partial charge in [0.05, 0.1) is 6.54 Å². The second-order valence-corrected chi connectivity index (χ2v) is 5.43. The summed E-state index contributed by atoms with van der Waals surface area (Å²) in [6, 6.07) is 0. The number of ketones is 1. The van der Waals surface area contributed by atoms with Crippen LogP contribution in [0.15, 0.2) is 0 Å². The van der Waals surface area contributed by atoms with Gasteiger partial charge in [-0.15, -0.1) is 0 Å². The second-order valence-electron chi connectivity index (χ2n) is 5.43. The standard InChI is InChI=1S/C7H15N3O2.C5H8O2.3C2H4O2.3CH5N.CHO2.6CH3.H2N.8Rf/c8-5-6(11)3-1-2-4-7(12)10-9;6-4-2-1-3-5-7;3*1-2(3)4;3*1-2;2-1-3;;;;;;;;;;;;;;;/h1-5,8-9H2,(H,10,12);4-5H,1-3H2;3*1H3,(H,3,4);3*2H2,1H3;(H,2,3);6*1H3;1H2;;;;;;;;/q;;;;;;;;8*-1;;;;;;;;. The van der Waals surface area contributed by atoms with Gasteiger partial charge in [-0.1, -0.05) is 6.47 Å². The Morgan fingerprint density at radius 1 is 0.564 bits per heavy atom. The summed E-state index contributed by atoms with van der Waals surface area (Å²) in [5.41, 5.74) is 20.6. The molecule has 0 fully saturated rings. The van der Waals surface area contributed by atoms with Crippen molar-refractivity contribution in [3.63, 3.8) is 0 Å². The zero-order valence-electron chi connectivity index (χ0n) is 36.5. The van der Waals surface area contributed by atoms with E-state index in [-0.39, 0.29) is 68.9 Å². The molecule has 0 aliphatic rings. The number of aldehydes is 2. The van der Waals surface area contributed by atoms with Gasteiger partial charge in [0.15, 0.2) is 0 Å². The molecule has 1 amide bonds. The van der Waals surface area contributed by atoms with Crippen LogP contribution < -0.4 is 34.2 Å². The van der Waals surface area contributed by atoms with Gasteiger partial charge in [0.1, 0.15) is 18.4 Å². The number of rotatable bonds is 10. The van der Waals surface area contributed by atoms with E-state index in [2.05, 4.69) is 17.2 Å². The molecule has 55 heavy (non-hydrogen) atoms. The van der Waals surface area contributed by atoms with Crippen molar-refractivity contribution in [2.75, 3.05) is 27.7 Å². The van der Waals surface area contributed by atoms with Gasteiger partial charge in [0, 0.05) is 46.5 Å². The van der Waals surface area contributed by atoms with E-state index in [1.54, 1.807) is 0 Å². The first-order valence-electron chi connectivity index (χ1n) is 11.1. The number of unbranched alkanes of at least 4 members (excludes halogenated alkanes) is 3. The number of nitrogens with one attached hydrogen (secondary N) is 1. The summed E-state index contributed by atoms with van der Waals surface area (Å²) >= 11 is 0. The first-order chi connectivity index (χ1) is 18.7. The Hall–Kier alpha value is -11.9. The molecule has 27 heteroatoms. The molecule has 0 rings (SSSR count). The van der Waals surface area contributed by atoms with Crippen LogP contribution in [-0.4, -0.2) is 96.8 Å². The number of carboxylic acids is 3. The molecule has 0 aliphatic carbocycles. The molecular weight excluding hydrogens is 2760 g/mol. The Balaban J connectivity index is -0.00000000919. The minimum Gasteiger partial charge on any atom is -0.693 e. The minimum atomic E-state index is -0.833. The van der Waals surface area contributed by atoms with E-state index in [1.807, 2.05) is 5.43 Å². The Kier molecular flexibility index (Phi) is 1190. The number of hydrogen-bond acceptors (Lipinski definition) is 13. The predicted octanol–water partition coefficient (Wildman–Crippen LogP) is 1.65. The first-order valence-corrected chi connectivity index (χ1v) is 11.1. The Labute approximate surface area is 285 Å². The summed E-state index contributed by atoms with van der Waals surface area (Å²) in [5, 5.41) is 29.0. The topological polar surface area (TPSA) is 393 Å². The van der Waals surface area contributed by atoms with Gasteiger partial charge in [0.2, 0.25) is 5.91 Å². The zero-order chi connectivity index (χ0) is 34.4. The van der Waals surface area contributed by atoms with Crippen molar-refractivity contribution in [3.8, 4) is 0 Å². The van der Waals surface area contributed by atoms with E-state index in [1.165, 1.54) is 21.1 Å². The van der Waals surface area contributed by atoms with Crippen LogP contribution in [0.5, 0.6) is 0 Å². The molecule has 0 unspecified atom stereocenters. The molecule has 0 aromatic heterocycles. The van der Waals surface area contributed by atoms with Gasteiger partial charge < -0.3 is 108 Å². The summed E-state index contributed by atoms with van der Waals surface area (Å²) in [6.45, 7) is 3.84. The van der Waals surface area contributed by atoms with Crippen LogP contribution in [0.1, 0.15) is 65.7 Å². The van der Waals surface area contributed by atoms with Gasteiger partial charge in [-0.2, -0.15) is 0 Å². The number of hydrazine groups is 1. The van der Waals surface area contributed by atoms with Gasteiger partial charge >= 0.3 is 0 Å². The van der Waals surface area contributed by atoms with E-state index in [0.29, 0.717) is 51.4 Å². The fourth-order valence-electron chi connectivity index (χ4n) is 1.07. The number of aliphatic carboxylic acids is 3. The minimum absolute atomic E-state index is 0. The second kappa shape index (κ2) is 312. The molecular formula is C28H71N7O12Rf8-8. The fourth-order valence-corrected chi connectivity index (χ4v) is 1.07. The van der Waals surface area contributed by atoms with E-state index >= 15 is 0 Å². The summed E-state index contributed by atoms with van der Waals surface area (Å²) in [6.07, 6.45) is 5.57. The molecule has 0 aromatic carbocycles. The third-order valence-electron chi connectivity index (χ3n) is 2.14. The largest absolute Gasteiger partial charge is 0.693 e. The van der Waals surface area contributed by atoms with Crippen LogP contribution >= 0.6 is 0 Å². The quantitative estimate of drug-likeness (QED) is 0.0371. The van der Waals surface area contributed by atoms with E-state index in [9.17, 15) is 19.2 Å². The van der Waals surface area contributed by atoms with Crippen molar-refractivity contribution in [1.82, 2.24) is 5.43 Å². The maximum Gasteiger partial charge on any atom is 0.300 e. The summed E-state index contributed by atoms with van der Waals surface area (Å²) in [5.74, 6) is 2.19. The van der Waals surface area contributed by atoms with Crippen molar-refractivity contribution in [2.45, 2.75) is 65.7 Å². The number of Topliss-reactive ketones (excluding diaryl/α,β-unsaturated/α-hetero) is 1. The molecule has 0 bridgehead atoms. The van der Waals surface area contributed by atoms with Crippen molar-refractivity contribution in [1.29, 1.82) is 0 Å². The fraction of sp³-hybridized carbons (Fsp3) is 0.500. The molecule has 0 saturated carbocycles. The molecule has 0 heterocycles. The van der Waals surface area contributed by atoms with Crippen molar-refractivity contribution in [3.05, 3.63) is 50.7 Å². The summed E-state index contributed by atoms with van der Waals surface area (Å²) in [4.78, 5) is 75.6. The van der Waals surface area contributed by atoms with Crippen molar-refractivity contribution in [2.24, 2.45) is 28.8 Å². The van der Waals surface area contributed by atoms with Crippen LogP contribution in [0.25, 0.3) is 6.15 Å². The first kappa shape index (κ1) is 209. The number of carboxylic acid groups (broad SMARTS) is 3. The van der Waals surface area contributed by atoms with Crippen LogP contribution in [0.2, 0.25) is 0 Å². The maximum atomic E-state index is 10.7. The molecule has 17 N–H and O–H groups in total. The molecule has 0 atom stereocenters. The number of carbonyl (C=O) groups is 7. The third-order valence-corrected chi connectivity index (χ3v) is 2.14. The molecule has 0 aromatic rings. The third kappa shape index (κ3) is 6960. The average Bonchev–Trinajstić information content (AvgIpc) is 2.90. The SMILES string of the molecule is CC(=O)O.CC(=O)O.CC(=O)O.CN.CN.CN.NCC(=O)CCCCC(=O)NN.O=CCCCC=O.O=[C-]O.[CH3-].[CH3-].[CH3-].[CH3-].[CH3-].[CH3-].[NH2-].[Rf].[Rf].[Rf].[Rf].[Rf].[Rf].[Rf].[Rf]. The van der Waals surface area contributed by atoms with Crippen molar-refractivity contribution >= 4 is 48.6 Å². The molecule has 314 valence electrons. The number of carbonyl (C=O) groups excluding carboxylic acids is 4. The molecule has 19 nitrogen and oxygen atoms in total. The van der Waals surface area contributed by atoms with Gasteiger partial charge in [-0.05, 0) is 40.4 Å². The zero-order valence-corrected chi connectivity index (χ0v) is 87.7. The molecule has 0 aliphatic heterocycles. The summed E-state index contributed by atoms with van der Waals surface area (Å²) < 4.78 is 0. The number of nitrogens with two attached hydrogens (primary N) is 6. The Bertz CT molecular complexity index is 540. The molecule has 0 spiro atoms. The monoisotopic (exact) mass is 2830 g/mol. The number of aliphatic hydroxyl groups excluding tert-OH is 1. The Morgan fingerprint density at radius 3 is 0.891 bits per heavy atom. The van der Waals surface area contributed by atoms with Gasteiger partial charge in [-0.3, -0.25) is 29.4 Å². The van der Waals surface area contributed by atoms with E-state index < -0.39 is 17.9 Å². The van der Waals surface area contributed by atoms with Gasteiger partial charge in [0.25, 0.3) is 17.9 Å². The van der Waals surface area contributed by atoms with E-state index in [0.717, 1.165) is 33.3 Å². The molecule has 0 saturated heterocycles. The van der Waals surface area contributed by atoms with Crippen LogP contribution in [0, 0.1) is 44.6 Å². The average molecular weight is 2830 g/mol. The van der Waals surface area contributed by atoms with E-state index in [4.69, 9.17) is 51.2 Å². The van der Waals surface area contributed by atoms with Crippen LogP contribution in [0.3, 0.4) is 0 Å². The molecule has 0 radical (unpaired) electrons. The number of amides is 1. The van der Waals surface area contributed by atoms with Gasteiger partial charge in [-0.25, -0.2) is 5.84 Å². The Morgan fingerprint density at radius 2 is 0.745 bits per heavy atom. The van der Waals surface area contributed by atoms with Crippen molar-refractivity contribution < 1.29 is 58.8 Å². The summed E-state index contributed by atoms with van der Waals surface area (Å²) in [7, 11) is 4.50.